The number of pyridine rings is 1. The van der Waals surface area contributed by atoms with Crippen LogP contribution in [-0.4, -0.2) is 65.1 Å². The summed E-state index contributed by atoms with van der Waals surface area (Å²) in [5.74, 6) is 1.61. The summed E-state index contributed by atoms with van der Waals surface area (Å²) in [7, 11) is 2.12. The van der Waals surface area contributed by atoms with Crippen LogP contribution in [0.1, 0.15) is 63.6 Å². The van der Waals surface area contributed by atoms with Gasteiger partial charge in [0.1, 0.15) is 11.4 Å². The van der Waals surface area contributed by atoms with Gasteiger partial charge >= 0.3 is 0 Å². The highest BCUT2D eigenvalue weighted by Gasteiger charge is 2.38. The standard InChI is InChI=1S/C24H35N7O3/c1-18(32)28-24(11-5-3-4-6-12-24)23-27-22(34-29-23)10-9-21(33)26-19-7-8-20(25-17-19)31-15-13-30(2)14-16-31/h7-8,17H,3-6,9-16H2,1-2H3,(H,26,33)(H,28,32). The van der Waals surface area contributed by atoms with Crippen molar-refractivity contribution in [3.63, 3.8) is 0 Å². The van der Waals surface area contributed by atoms with Crippen molar-refractivity contribution >= 4 is 23.3 Å². The highest BCUT2D eigenvalue weighted by atomic mass is 16.5. The maximum absolute atomic E-state index is 12.5. The Bertz CT molecular complexity index is 959. The number of hydrogen-bond acceptors (Lipinski definition) is 8. The number of hydrogen-bond donors (Lipinski definition) is 2. The van der Waals surface area contributed by atoms with Crippen LogP contribution in [0.4, 0.5) is 11.5 Å². The first-order valence-electron chi connectivity index (χ1n) is 12.2. The van der Waals surface area contributed by atoms with Gasteiger partial charge in [-0.3, -0.25) is 9.59 Å². The molecule has 2 amide bonds. The fraction of sp³-hybridized carbons (Fsp3) is 0.625. The van der Waals surface area contributed by atoms with Gasteiger partial charge in [-0.05, 0) is 32.0 Å². The largest absolute Gasteiger partial charge is 0.354 e. The van der Waals surface area contributed by atoms with Gasteiger partial charge in [-0.15, -0.1) is 0 Å². The Labute approximate surface area is 200 Å². The highest BCUT2D eigenvalue weighted by Crippen LogP contribution is 2.34. The number of nitrogens with zero attached hydrogens (tertiary/aromatic N) is 5. The Morgan fingerprint density at radius 2 is 1.82 bits per heavy atom. The molecule has 1 saturated carbocycles. The average molecular weight is 470 g/mol. The minimum absolute atomic E-state index is 0.0973. The molecule has 4 rings (SSSR count). The monoisotopic (exact) mass is 469 g/mol. The van der Waals surface area contributed by atoms with Crippen LogP contribution in [0, 0.1) is 0 Å². The fourth-order valence-corrected chi connectivity index (χ4v) is 4.75. The van der Waals surface area contributed by atoms with Crippen molar-refractivity contribution in [1.82, 2.24) is 25.3 Å². The molecule has 0 unspecified atom stereocenters. The first kappa shape index (κ1) is 24.1. The zero-order valence-electron chi connectivity index (χ0n) is 20.2. The number of carbonyl (C=O) groups is 2. The van der Waals surface area contributed by atoms with Gasteiger partial charge < -0.3 is 25.0 Å². The van der Waals surface area contributed by atoms with Crippen molar-refractivity contribution in [2.24, 2.45) is 0 Å². The second kappa shape index (κ2) is 10.9. The summed E-state index contributed by atoms with van der Waals surface area (Å²) in [6.07, 6.45) is 8.12. The predicted octanol–water partition coefficient (Wildman–Crippen LogP) is 2.47. The van der Waals surface area contributed by atoms with Crippen LogP contribution in [0.5, 0.6) is 0 Å². The minimum Gasteiger partial charge on any atom is -0.354 e. The van der Waals surface area contributed by atoms with E-state index in [4.69, 9.17) is 4.52 Å². The molecule has 2 aromatic heterocycles. The van der Waals surface area contributed by atoms with E-state index in [1.807, 2.05) is 12.1 Å². The molecule has 2 aromatic rings. The van der Waals surface area contributed by atoms with Crippen molar-refractivity contribution in [1.29, 1.82) is 0 Å². The van der Waals surface area contributed by atoms with Crippen molar-refractivity contribution in [2.45, 2.75) is 63.8 Å². The van der Waals surface area contributed by atoms with Gasteiger partial charge in [0.25, 0.3) is 0 Å². The smallest absolute Gasteiger partial charge is 0.227 e. The maximum atomic E-state index is 12.5. The van der Waals surface area contributed by atoms with E-state index < -0.39 is 5.54 Å². The van der Waals surface area contributed by atoms with Gasteiger partial charge in [-0.1, -0.05) is 30.8 Å². The Balaban J connectivity index is 1.31. The number of anilines is 2. The number of aromatic nitrogens is 3. The van der Waals surface area contributed by atoms with Gasteiger partial charge in [0.2, 0.25) is 17.7 Å². The lowest BCUT2D eigenvalue weighted by atomic mass is 9.89. The molecular weight excluding hydrogens is 434 g/mol. The quantitative estimate of drug-likeness (QED) is 0.594. The van der Waals surface area contributed by atoms with Gasteiger partial charge in [0.15, 0.2) is 5.82 Å². The van der Waals surface area contributed by atoms with Crippen molar-refractivity contribution in [2.75, 3.05) is 43.4 Å². The lowest BCUT2D eigenvalue weighted by Gasteiger charge is -2.33. The molecule has 10 nitrogen and oxygen atoms in total. The predicted molar refractivity (Wildman–Crippen MR) is 128 cm³/mol. The molecule has 2 aliphatic rings. The van der Waals surface area contributed by atoms with Crippen molar-refractivity contribution in [3.8, 4) is 0 Å². The second-order valence-corrected chi connectivity index (χ2v) is 9.43. The lowest BCUT2D eigenvalue weighted by molar-refractivity contribution is -0.121. The van der Waals surface area contributed by atoms with Crippen molar-refractivity contribution in [3.05, 3.63) is 30.0 Å². The van der Waals surface area contributed by atoms with Crippen LogP contribution >= 0.6 is 0 Å². The summed E-state index contributed by atoms with van der Waals surface area (Å²) in [5.41, 5.74) is 0.0842. The molecule has 184 valence electrons. The number of likely N-dealkylation sites (N-methyl/N-ethyl adjacent to an activating group) is 1. The molecule has 2 N–H and O–H groups in total. The first-order valence-corrected chi connectivity index (χ1v) is 12.2. The number of rotatable bonds is 7. The van der Waals surface area contributed by atoms with Crippen LogP contribution < -0.4 is 15.5 Å². The van der Waals surface area contributed by atoms with Crippen LogP contribution in [0.3, 0.4) is 0 Å². The minimum atomic E-state index is -0.580. The molecule has 0 aromatic carbocycles. The van der Waals surface area contributed by atoms with E-state index in [9.17, 15) is 9.59 Å². The Kier molecular flexibility index (Phi) is 7.77. The lowest BCUT2D eigenvalue weighted by Crippen LogP contribution is -2.45. The number of nitrogens with one attached hydrogen (secondary N) is 2. The van der Waals surface area contributed by atoms with Crippen LogP contribution in [0.15, 0.2) is 22.9 Å². The molecule has 1 aliphatic carbocycles. The average Bonchev–Trinajstić information content (AvgIpc) is 3.19. The maximum Gasteiger partial charge on any atom is 0.227 e. The second-order valence-electron chi connectivity index (χ2n) is 9.43. The number of carbonyl (C=O) groups excluding carboxylic acids is 2. The molecule has 0 radical (unpaired) electrons. The van der Waals surface area contributed by atoms with Gasteiger partial charge in [-0.25, -0.2) is 4.98 Å². The van der Waals surface area contributed by atoms with Gasteiger partial charge in [0, 0.05) is 45.9 Å². The summed E-state index contributed by atoms with van der Waals surface area (Å²) in [6, 6.07) is 3.83. The first-order chi connectivity index (χ1) is 16.4. The van der Waals surface area contributed by atoms with Gasteiger partial charge in [-0.2, -0.15) is 4.98 Å². The Morgan fingerprint density at radius 1 is 1.09 bits per heavy atom. The SMILES string of the molecule is CC(=O)NC1(c2noc(CCC(=O)Nc3ccc(N4CCN(C)CC4)nc3)n2)CCCCCC1. The van der Waals surface area contributed by atoms with Crippen LogP contribution in [0.25, 0.3) is 0 Å². The topological polar surface area (TPSA) is 116 Å². The molecule has 0 atom stereocenters. The molecule has 1 aliphatic heterocycles. The fourth-order valence-electron chi connectivity index (χ4n) is 4.75. The van der Waals surface area contributed by atoms with E-state index in [1.54, 1.807) is 6.20 Å². The van der Waals surface area contributed by atoms with E-state index in [0.717, 1.165) is 70.5 Å². The molecular formula is C24H35N7O3. The summed E-state index contributed by atoms with van der Waals surface area (Å²) in [6.45, 7) is 5.45. The molecule has 0 bridgehead atoms. The highest BCUT2D eigenvalue weighted by molar-refractivity contribution is 5.90. The molecule has 3 heterocycles. The van der Waals surface area contributed by atoms with Crippen LogP contribution in [-0.2, 0) is 21.5 Å². The third-order valence-electron chi connectivity index (χ3n) is 6.69. The zero-order valence-corrected chi connectivity index (χ0v) is 20.2. The van der Waals surface area contributed by atoms with E-state index in [0.29, 0.717) is 23.8 Å². The molecule has 1 saturated heterocycles. The summed E-state index contributed by atoms with van der Waals surface area (Å²) in [4.78, 5) is 37.9. The summed E-state index contributed by atoms with van der Waals surface area (Å²) >= 11 is 0. The number of piperazine rings is 1. The molecule has 2 fully saturated rings. The van der Waals surface area contributed by atoms with Gasteiger partial charge in [0.05, 0.1) is 11.9 Å². The molecule has 34 heavy (non-hydrogen) atoms. The normalized spacial score (nSPS) is 18.8. The van der Waals surface area contributed by atoms with E-state index in [2.05, 4.69) is 42.6 Å². The van der Waals surface area contributed by atoms with E-state index in [1.165, 1.54) is 6.92 Å². The molecule has 10 heteroatoms. The van der Waals surface area contributed by atoms with Crippen molar-refractivity contribution < 1.29 is 14.1 Å². The summed E-state index contributed by atoms with van der Waals surface area (Å²) in [5, 5.41) is 10.1. The zero-order chi connectivity index (χ0) is 24.0. The third-order valence-corrected chi connectivity index (χ3v) is 6.69. The Morgan fingerprint density at radius 3 is 2.47 bits per heavy atom. The number of aryl methyl sites for hydroxylation is 1. The van der Waals surface area contributed by atoms with E-state index in [-0.39, 0.29) is 18.2 Å². The molecule has 0 spiro atoms. The van der Waals surface area contributed by atoms with E-state index >= 15 is 0 Å². The number of amides is 2. The Hall–Kier alpha value is -3.01. The van der Waals surface area contributed by atoms with Crippen LogP contribution in [0.2, 0.25) is 0 Å². The summed E-state index contributed by atoms with van der Waals surface area (Å²) < 4.78 is 5.44. The third kappa shape index (κ3) is 6.11.